The molecule has 13 nitrogen and oxygen atoms in total. The number of amides is 2. The van der Waals surface area contributed by atoms with Crippen molar-refractivity contribution in [3.63, 3.8) is 0 Å². The van der Waals surface area contributed by atoms with E-state index in [1.165, 1.54) is 12.1 Å². The summed E-state index contributed by atoms with van der Waals surface area (Å²) < 4.78 is 1.73. The third kappa shape index (κ3) is 6.86. The van der Waals surface area contributed by atoms with Crippen LogP contribution in [0.4, 0.5) is 17.3 Å². The number of hydrogen-bond acceptors (Lipinski definition) is 8. The molecule has 6 aromatic rings. The van der Waals surface area contributed by atoms with Crippen LogP contribution in [0.3, 0.4) is 0 Å². The molecule has 4 aromatic carbocycles. The van der Waals surface area contributed by atoms with Crippen LogP contribution < -0.4 is 10.2 Å². The molecule has 1 fully saturated rings. The standard InChI is InChI=1S/C36H33N9O4/c1-24-8-11-27(20-30(24)34(46)37-28-6-3-2-4-7-28)33-23-44(41-40-33)22-25-9-12-26(13-10-25)35(47)42-16-5-17-43(19-18-42)36-38-31-15-14-29(45(48)49)21-32(31)39-36/h2-4,6-15,20-21,23H,5,16-19,22H2,1H3,(H,37,46)(H,38,39). The van der Waals surface area contributed by atoms with Crippen molar-refractivity contribution in [1.29, 1.82) is 0 Å². The summed E-state index contributed by atoms with van der Waals surface area (Å²) in [5, 5.41) is 22.7. The van der Waals surface area contributed by atoms with Crippen molar-refractivity contribution in [2.24, 2.45) is 0 Å². The van der Waals surface area contributed by atoms with E-state index >= 15 is 0 Å². The molecular weight excluding hydrogens is 622 g/mol. The number of benzene rings is 4. The van der Waals surface area contributed by atoms with Crippen molar-refractivity contribution in [2.75, 3.05) is 36.4 Å². The van der Waals surface area contributed by atoms with Gasteiger partial charge in [0.1, 0.15) is 5.69 Å². The fourth-order valence-corrected chi connectivity index (χ4v) is 5.96. The number of para-hydroxylation sites is 1. The van der Waals surface area contributed by atoms with E-state index in [-0.39, 0.29) is 17.5 Å². The number of rotatable bonds is 8. The molecule has 2 amide bonds. The van der Waals surface area contributed by atoms with Gasteiger partial charge >= 0.3 is 0 Å². The fourth-order valence-electron chi connectivity index (χ4n) is 5.96. The Balaban J connectivity index is 0.969. The van der Waals surface area contributed by atoms with E-state index in [4.69, 9.17) is 0 Å². The largest absolute Gasteiger partial charge is 0.341 e. The van der Waals surface area contributed by atoms with Gasteiger partial charge in [0.2, 0.25) is 5.95 Å². The van der Waals surface area contributed by atoms with E-state index in [1.54, 1.807) is 10.7 Å². The van der Waals surface area contributed by atoms with Crippen molar-refractivity contribution in [3.05, 3.63) is 130 Å². The highest BCUT2D eigenvalue weighted by Gasteiger charge is 2.22. The van der Waals surface area contributed by atoms with E-state index in [2.05, 4.69) is 30.5 Å². The number of anilines is 2. The summed E-state index contributed by atoms with van der Waals surface area (Å²) in [6.07, 6.45) is 2.60. The molecule has 1 aliphatic rings. The topological polar surface area (TPSA) is 155 Å². The highest BCUT2D eigenvalue weighted by atomic mass is 16.6. The molecule has 13 heteroatoms. The van der Waals surface area contributed by atoms with E-state index in [9.17, 15) is 19.7 Å². The minimum absolute atomic E-state index is 0.00941. The molecule has 0 spiro atoms. The van der Waals surface area contributed by atoms with E-state index in [0.29, 0.717) is 66.5 Å². The number of hydrogen-bond donors (Lipinski definition) is 2. The molecule has 0 aliphatic carbocycles. The first kappa shape index (κ1) is 31.2. The predicted octanol–water partition coefficient (Wildman–Crippen LogP) is 5.69. The molecule has 7 rings (SSSR count). The van der Waals surface area contributed by atoms with Gasteiger partial charge in [0, 0.05) is 60.7 Å². The molecule has 0 saturated carbocycles. The highest BCUT2D eigenvalue weighted by molar-refractivity contribution is 6.06. The normalized spacial score (nSPS) is 13.3. The summed E-state index contributed by atoms with van der Waals surface area (Å²) in [6.45, 7) is 4.79. The Bertz CT molecular complexity index is 2160. The van der Waals surface area contributed by atoms with E-state index in [0.717, 1.165) is 28.8 Å². The summed E-state index contributed by atoms with van der Waals surface area (Å²) >= 11 is 0. The Labute approximate surface area is 281 Å². The number of aryl methyl sites for hydroxylation is 1. The van der Waals surface area contributed by atoms with Crippen LogP contribution >= 0.6 is 0 Å². The number of aromatic nitrogens is 5. The van der Waals surface area contributed by atoms with E-state index < -0.39 is 4.92 Å². The van der Waals surface area contributed by atoms with Gasteiger partial charge in [-0.05, 0) is 60.9 Å². The third-order valence-electron chi connectivity index (χ3n) is 8.64. The van der Waals surface area contributed by atoms with Crippen LogP contribution in [-0.2, 0) is 6.54 Å². The maximum absolute atomic E-state index is 13.4. The van der Waals surface area contributed by atoms with Gasteiger partial charge in [0.05, 0.1) is 28.7 Å². The summed E-state index contributed by atoms with van der Waals surface area (Å²) in [6, 6.07) is 27.1. The average molecular weight is 656 g/mol. The van der Waals surface area contributed by atoms with Crippen LogP contribution in [-0.4, -0.2) is 72.8 Å². The van der Waals surface area contributed by atoms with Crippen LogP contribution in [0, 0.1) is 17.0 Å². The lowest BCUT2D eigenvalue weighted by molar-refractivity contribution is -0.384. The van der Waals surface area contributed by atoms with E-state index in [1.807, 2.05) is 90.8 Å². The minimum Gasteiger partial charge on any atom is -0.341 e. The lowest BCUT2D eigenvalue weighted by Crippen LogP contribution is -2.35. The maximum atomic E-state index is 13.4. The number of aromatic amines is 1. The quantitative estimate of drug-likeness (QED) is 0.157. The number of H-pyrrole nitrogens is 1. The van der Waals surface area contributed by atoms with Crippen LogP contribution in [0.5, 0.6) is 0 Å². The first-order valence-electron chi connectivity index (χ1n) is 16.0. The van der Waals surface area contributed by atoms with Crippen LogP contribution in [0.25, 0.3) is 22.3 Å². The van der Waals surface area contributed by atoms with Crippen LogP contribution in [0.1, 0.15) is 38.3 Å². The first-order chi connectivity index (χ1) is 23.8. The number of fused-ring (bicyclic) bond motifs is 1. The second-order valence-electron chi connectivity index (χ2n) is 12.0. The molecule has 0 radical (unpaired) electrons. The van der Waals surface area contributed by atoms with Gasteiger partial charge in [-0.1, -0.05) is 47.7 Å². The smallest absolute Gasteiger partial charge is 0.271 e. The molecule has 246 valence electrons. The summed E-state index contributed by atoms with van der Waals surface area (Å²) in [5.41, 5.74) is 6.44. The first-order valence-corrected chi connectivity index (χ1v) is 16.0. The number of carbonyl (C=O) groups excluding carboxylic acids is 2. The summed E-state index contributed by atoms with van der Waals surface area (Å²) in [7, 11) is 0. The summed E-state index contributed by atoms with van der Waals surface area (Å²) in [4.78, 5) is 48.9. The molecular formula is C36H33N9O4. The number of nitro benzene ring substituents is 1. The van der Waals surface area contributed by atoms with Gasteiger partial charge in [-0.2, -0.15) is 0 Å². The van der Waals surface area contributed by atoms with Crippen molar-refractivity contribution in [3.8, 4) is 11.3 Å². The summed E-state index contributed by atoms with van der Waals surface area (Å²) in [5.74, 6) is 0.413. The maximum Gasteiger partial charge on any atom is 0.271 e. The third-order valence-corrected chi connectivity index (χ3v) is 8.64. The number of non-ortho nitro benzene ring substituents is 1. The molecule has 0 unspecified atom stereocenters. The SMILES string of the molecule is Cc1ccc(-c2cn(Cc3ccc(C(=O)N4CCCN(c5nc6ccc([N+](=O)[O-])cc6[nH]5)CC4)cc3)nn2)cc1C(=O)Nc1ccccc1. The zero-order chi connectivity index (χ0) is 33.9. The van der Waals surface area contributed by atoms with Crippen molar-refractivity contribution < 1.29 is 14.5 Å². The lowest BCUT2D eigenvalue weighted by atomic mass is 10.0. The zero-order valence-electron chi connectivity index (χ0n) is 26.7. The monoisotopic (exact) mass is 655 g/mol. The predicted molar refractivity (Wildman–Crippen MR) is 186 cm³/mol. The highest BCUT2D eigenvalue weighted by Crippen LogP contribution is 2.24. The Morgan fingerprint density at radius 3 is 2.55 bits per heavy atom. The zero-order valence-corrected chi connectivity index (χ0v) is 26.7. The minimum atomic E-state index is -0.425. The van der Waals surface area contributed by atoms with Crippen LogP contribution in [0.2, 0.25) is 0 Å². The number of nitrogens with zero attached hydrogens (tertiary/aromatic N) is 7. The van der Waals surface area contributed by atoms with Crippen molar-refractivity contribution >= 4 is 40.2 Å². The van der Waals surface area contributed by atoms with Gasteiger partial charge in [0.25, 0.3) is 17.5 Å². The van der Waals surface area contributed by atoms with Gasteiger partial charge in [0.15, 0.2) is 0 Å². The van der Waals surface area contributed by atoms with Gasteiger partial charge in [-0.25, -0.2) is 9.67 Å². The lowest BCUT2D eigenvalue weighted by Gasteiger charge is -2.22. The van der Waals surface area contributed by atoms with Crippen molar-refractivity contribution in [1.82, 2.24) is 29.9 Å². The van der Waals surface area contributed by atoms with Gasteiger partial charge in [-0.3, -0.25) is 19.7 Å². The number of carbonyl (C=O) groups is 2. The second kappa shape index (κ2) is 13.4. The van der Waals surface area contributed by atoms with Gasteiger partial charge in [-0.15, -0.1) is 5.10 Å². The molecule has 1 saturated heterocycles. The molecule has 2 N–H and O–H groups in total. The second-order valence-corrected chi connectivity index (χ2v) is 12.0. The fraction of sp³-hybridized carbons (Fsp3) is 0.194. The van der Waals surface area contributed by atoms with Crippen molar-refractivity contribution in [2.45, 2.75) is 19.9 Å². The van der Waals surface area contributed by atoms with Gasteiger partial charge < -0.3 is 20.1 Å². The number of nitrogens with one attached hydrogen (secondary N) is 2. The molecule has 3 heterocycles. The molecule has 0 bridgehead atoms. The Hall–Kier alpha value is -6.37. The van der Waals surface area contributed by atoms with Crippen LogP contribution in [0.15, 0.2) is 97.2 Å². The molecule has 2 aromatic heterocycles. The Morgan fingerprint density at radius 1 is 0.939 bits per heavy atom. The molecule has 0 atom stereocenters. The Kier molecular flexibility index (Phi) is 8.54. The molecule has 49 heavy (non-hydrogen) atoms. The average Bonchev–Trinajstić information content (AvgIpc) is 3.68. The molecule has 1 aliphatic heterocycles. The number of imidazole rings is 1. The number of nitro groups is 1. The Morgan fingerprint density at radius 2 is 1.76 bits per heavy atom.